The summed E-state index contributed by atoms with van der Waals surface area (Å²) >= 11 is 1.18. The predicted octanol–water partition coefficient (Wildman–Crippen LogP) is 5.25. The summed E-state index contributed by atoms with van der Waals surface area (Å²) in [6, 6.07) is 8.33. The Hall–Kier alpha value is -2.27. The standard InChI is InChI=1S/C22H21F4N3O2S.ClH/c23-17-6-7-18-19(14-17)32-21(27-18)29(9-1-8-28-10-12-31-13-11-28)20(30)15-2-4-16(5-3-15)22(24,25)26;/h2-7,14H,1,8-13H2;1H. The van der Waals surface area contributed by atoms with Gasteiger partial charge in [-0.1, -0.05) is 11.3 Å². The Morgan fingerprint density at radius 1 is 1.12 bits per heavy atom. The fourth-order valence-corrected chi connectivity index (χ4v) is 4.54. The number of anilines is 1. The molecule has 0 saturated carbocycles. The Morgan fingerprint density at radius 3 is 2.48 bits per heavy atom. The molecule has 0 unspecified atom stereocenters. The summed E-state index contributed by atoms with van der Waals surface area (Å²) in [7, 11) is 0. The number of morpholine rings is 1. The lowest BCUT2D eigenvalue weighted by Crippen LogP contribution is -2.39. The number of hydrogen-bond acceptors (Lipinski definition) is 5. The molecule has 3 aromatic rings. The van der Waals surface area contributed by atoms with Crippen molar-refractivity contribution in [2.45, 2.75) is 12.6 Å². The van der Waals surface area contributed by atoms with Gasteiger partial charge in [0.15, 0.2) is 5.13 Å². The van der Waals surface area contributed by atoms with E-state index in [1.807, 2.05) is 0 Å². The summed E-state index contributed by atoms with van der Waals surface area (Å²) in [5.41, 5.74) is -0.122. The molecule has 0 bridgehead atoms. The number of hydrogen-bond donors (Lipinski definition) is 0. The minimum Gasteiger partial charge on any atom is -0.379 e. The lowest BCUT2D eigenvalue weighted by molar-refractivity contribution is -0.137. The maximum absolute atomic E-state index is 13.6. The highest BCUT2D eigenvalue weighted by atomic mass is 35.5. The zero-order valence-corrected chi connectivity index (χ0v) is 19.1. The smallest absolute Gasteiger partial charge is 0.379 e. The van der Waals surface area contributed by atoms with Crippen LogP contribution in [0.4, 0.5) is 22.7 Å². The first-order valence-corrected chi connectivity index (χ1v) is 11.0. The number of rotatable bonds is 6. The van der Waals surface area contributed by atoms with E-state index in [0.717, 1.165) is 31.8 Å². The number of carbonyl (C=O) groups is 1. The molecule has 1 aromatic heterocycles. The van der Waals surface area contributed by atoms with Crippen LogP contribution in [0.15, 0.2) is 42.5 Å². The average Bonchev–Trinajstić information content (AvgIpc) is 3.19. The van der Waals surface area contributed by atoms with Crippen molar-refractivity contribution in [1.29, 1.82) is 0 Å². The van der Waals surface area contributed by atoms with Crippen molar-refractivity contribution in [3.63, 3.8) is 0 Å². The highest BCUT2D eigenvalue weighted by Gasteiger charge is 2.31. The minimum absolute atomic E-state index is 0. The number of carbonyl (C=O) groups excluding carboxylic acids is 1. The van der Waals surface area contributed by atoms with Crippen LogP contribution in [-0.4, -0.2) is 55.2 Å². The summed E-state index contributed by atoms with van der Waals surface area (Å²) < 4.78 is 58.2. The summed E-state index contributed by atoms with van der Waals surface area (Å²) in [5, 5.41) is 0.387. The first kappa shape index (κ1) is 25.4. The lowest BCUT2D eigenvalue weighted by Gasteiger charge is -2.27. The molecule has 0 aliphatic carbocycles. The molecular weight excluding hydrogens is 482 g/mol. The maximum Gasteiger partial charge on any atom is 0.416 e. The van der Waals surface area contributed by atoms with Gasteiger partial charge in [0, 0.05) is 31.7 Å². The topological polar surface area (TPSA) is 45.7 Å². The van der Waals surface area contributed by atoms with Crippen molar-refractivity contribution < 1.29 is 27.1 Å². The summed E-state index contributed by atoms with van der Waals surface area (Å²) in [5.74, 6) is -0.846. The van der Waals surface area contributed by atoms with Crippen LogP contribution in [0.3, 0.4) is 0 Å². The quantitative estimate of drug-likeness (QED) is 0.431. The van der Waals surface area contributed by atoms with Crippen LogP contribution < -0.4 is 4.90 Å². The molecule has 2 heterocycles. The summed E-state index contributed by atoms with van der Waals surface area (Å²) in [6.45, 7) is 4.04. The van der Waals surface area contributed by atoms with Crippen LogP contribution in [0.5, 0.6) is 0 Å². The van der Waals surface area contributed by atoms with E-state index in [9.17, 15) is 22.4 Å². The van der Waals surface area contributed by atoms with Gasteiger partial charge in [-0.05, 0) is 48.9 Å². The van der Waals surface area contributed by atoms with Gasteiger partial charge in [0.25, 0.3) is 5.91 Å². The molecule has 0 spiro atoms. The van der Waals surface area contributed by atoms with E-state index in [1.165, 1.54) is 40.5 Å². The number of aromatic nitrogens is 1. The normalized spacial score (nSPS) is 14.8. The molecule has 5 nitrogen and oxygen atoms in total. The lowest BCUT2D eigenvalue weighted by atomic mass is 10.1. The van der Waals surface area contributed by atoms with E-state index in [-0.39, 0.29) is 18.0 Å². The van der Waals surface area contributed by atoms with Gasteiger partial charge in [0.05, 0.1) is 29.0 Å². The molecule has 1 saturated heterocycles. The second kappa shape index (κ2) is 10.8. The van der Waals surface area contributed by atoms with Crippen molar-refractivity contribution in [2.24, 2.45) is 0 Å². The Labute approximate surface area is 198 Å². The average molecular weight is 504 g/mol. The zero-order valence-electron chi connectivity index (χ0n) is 17.5. The van der Waals surface area contributed by atoms with Crippen LogP contribution >= 0.6 is 23.7 Å². The zero-order chi connectivity index (χ0) is 22.7. The number of benzene rings is 2. The SMILES string of the molecule is Cl.O=C(c1ccc(C(F)(F)F)cc1)N(CCCN1CCOCC1)c1nc2ccc(F)cc2s1. The fourth-order valence-electron chi connectivity index (χ4n) is 3.52. The molecule has 0 atom stereocenters. The maximum atomic E-state index is 13.6. The number of halogens is 5. The predicted molar refractivity (Wildman–Crippen MR) is 122 cm³/mol. The number of nitrogens with zero attached hydrogens (tertiary/aromatic N) is 3. The molecule has 178 valence electrons. The molecule has 1 fully saturated rings. The van der Waals surface area contributed by atoms with E-state index < -0.39 is 23.5 Å². The molecule has 1 aliphatic heterocycles. The van der Waals surface area contributed by atoms with E-state index >= 15 is 0 Å². The van der Waals surface area contributed by atoms with Gasteiger partial charge < -0.3 is 4.74 Å². The van der Waals surface area contributed by atoms with E-state index in [4.69, 9.17) is 4.74 Å². The monoisotopic (exact) mass is 503 g/mol. The number of amides is 1. The first-order chi connectivity index (χ1) is 15.3. The third kappa shape index (κ3) is 6.20. The van der Waals surface area contributed by atoms with E-state index in [2.05, 4.69) is 9.88 Å². The fraction of sp³-hybridized carbons (Fsp3) is 0.364. The number of alkyl halides is 3. The van der Waals surface area contributed by atoms with Crippen LogP contribution in [0.1, 0.15) is 22.3 Å². The van der Waals surface area contributed by atoms with Crippen molar-refractivity contribution in [1.82, 2.24) is 9.88 Å². The van der Waals surface area contributed by atoms with Gasteiger partial charge in [0.1, 0.15) is 5.82 Å². The van der Waals surface area contributed by atoms with E-state index in [0.29, 0.717) is 41.5 Å². The number of thiazole rings is 1. The van der Waals surface area contributed by atoms with Gasteiger partial charge in [0.2, 0.25) is 0 Å². The molecule has 0 radical (unpaired) electrons. The highest BCUT2D eigenvalue weighted by molar-refractivity contribution is 7.22. The Bertz CT molecular complexity index is 1090. The highest BCUT2D eigenvalue weighted by Crippen LogP contribution is 2.32. The van der Waals surface area contributed by atoms with Gasteiger partial charge in [-0.2, -0.15) is 13.2 Å². The van der Waals surface area contributed by atoms with Crippen LogP contribution in [0, 0.1) is 5.82 Å². The molecule has 2 aromatic carbocycles. The Kier molecular flexibility index (Phi) is 8.28. The molecule has 0 N–H and O–H groups in total. The summed E-state index contributed by atoms with van der Waals surface area (Å²) in [6.07, 6.45) is -3.83. The van der Waals surface area contributed by atoms with Gasteiger partial charge in [-0.3, -0.25) is 14.6 Å². The van der Waals surface area contributed by atoms with E-state index in [1.54, 1.807) is 6.07 Å². The number of ether oxygens (including phenoxy) is 1. The van der Waals surface area contributed by atoms with Crippen molar-refractivity contribution >= 4 is 45.0 Å². The van der Waals surface area contributed by atoms with Gasteiger partial charge >= 0.3 is 6.18 Å². The van der Waals surface area contributed by atoms with Crippen molar-refractivity contribution in [3.05, 3.63) is 59.4 Å². The second-order valence-corrected chi connectivity index (χ2v) is 8.46. The molecule has 1 amide bonds. The molecule has 11 heteroatoms. The van der Waals surface area contributed by atoms with Crippen LogP contribution in [0.2, 0.25) is 0 Å². The minimum atomic E-state index is -4.48. The second-order valence-electron chi connectivity index (χ2n) is 7.45. The van der Waals surface area contributed by atoms with Gasteiger partial charge in [-0.25, -0.2) is 9.37 Å². The largest absolute Gasteiger partial charge is 0.416 e. The molecule has 33 heavy (non-hydrogen) atoms. The Morgan fingerprint density at radius 2 is 1.82 bits per heavy atom. The number of fused-ring (bicyclic) bond motifs is 1. The van der Waals surface area contributed by atoms with Gasteiger partial charge in [-0.15, -0.1) is 12.4 Å². The molecule has 4 rings (SSSR count). The third-order valence-electron chi connectivity index (χ3n) is 5.23. The Balaban J connectivity index is 0.00000306. The van der Waals surface area contributed by atoms with Crippen molar-refractivity contribution in [3.8, 4) is 0 Å². The van der Waals surface area contributed by atoms with Crippen LogP contribution in [-0.2, 0) is 10.9 Å². The third-order valence-corrected chi connectivity index (χ3v) is 6.28. The molecule has 1 aliphatic rings. The van der Waals surface area contributed by atoms with Crippen molar-refractivity contribution in [2.75, 3.05) is 44.3 Å². The summed E-state index contributed by atoms with van der Waals surface area (Å²) in [4.78, 5) is 21.4. The molecular formula is C22H22ClF4N3O2S. The first-order valence-electron chi connectivity index (χ1n) is 10.2. The van der Waals surface area contributed by atoms with Crippen LogP contribution in [0.25, 0.3) is 10.2 Å².